The number of amides is 2. The highest BCUT2D eigenvalue weighted by Gasteiger charge is 2.25. The van der Waals surface area contributed by atoms with Gasteiger partial charge in [-0.15, -0.1) is 0 Å². The highest BCUT2D eigenvalue weighted by molar-refractivity contribution is 5.74. The maximum absolute atomic E-state index is 12.1. The number of piperidine rings is 1. The van der Waals surface area contributed by atoms with Gasteiger partial charge in [0.2, 0.25) is 0 Å². The van der Waals surface area contributed by atoms with Gasteiger partial charge < -0.3 is 20.1 Å². The lowest BCUT2D eigenvalue weighted by atomic mass is 9.92. The standard InChI is InChI=1S/C17H26N2O3/c1-13(22-16-6-4-3-5-7-16)12-18-17(21)19-10-8-15(9-11-19)14(2)20/h3-7,13-15,20H,8-12H2,1-2H3,(H,18,21). The number of rotatable bonds is 5. The fourth-order valence-corrected chi connectivity index (χ4v) is 2.70. The first-order chi connectivity index (χ1) is 10.6. The van der Waals surface area contributed by atoms with Gasteiger partial charge in [-0.1, -0.05) is 18.2 Å². The van der Waals surface area contributed by atoms with Gasteiger partial charge in [0.05, 0.1) is 12.6 Å². The van der Waals surface area contributed by atoms with Crippen LogP contribution in [0.25, 0.3) is 0 Å². The molecule has 0 radical (unpaired) electrons. The monoisotopic (exact) mass is 306 g/mol. The number of carbonyl (C=O) groups is 1. The maximum atomic E-state index is 12.1. The Kier molecular flexibility index (Phi) is 6.07. The summed E-state index contributed by atoms with van der Waals surface area (Å²) in [6.07, 6.45) is 1.35. The number of nitrogens with zero attached hydrogens (tertiary/aromatic N) is 1. The maximum Gasteiger partial charge on any atom is 0.317 e. The molecule has 1 aromatic carbocycles. The zero-order chi connectivity index (χ0) is 15.9. The number of hydrogen-bond acceptors (Lipinski definition) is 3. The molecule has 1 aliphatic rings. The number of nitrogens with one attached hydrogen (secondary N) is 1. The predicted octanol–water partition coefficient (Wildman–Crippen LogP) is 2.26. The van der Waals surface area contributed by atoms with Crippen molar-refractivity contribution < 1.29 is 14.6 Å². The van der Waals surface area contributed by atoms with Crippen LogP contribution < -0.4 is 10.1 Å². The van der Waals surface area contributed by atoms with Crippen LogP contribution in [0.2, 0.25) is 0 Å². The van der Waals surface area contributed by atoms with Gasteiger partial charge in [-0.3, -0.25) is 0 Å². The fraction of sp³-hybridized carbons (Fsp3) is 0.588. The van der Waals surface area contributed by atoms with Crippen LogP contribution in [0.3, 0.4) is 0 Å². The third-order valence-corrected chi connectivity index (χ3v) is 4.13. The Hall–Kier alpha value is -1.75. The number of benzene rings is 1. The second-order valence-electron chi connectivity index (χ2n) is 5.99. The minimum absolute atomic E-state index is 0.0486. The fourth-order valence-electron chi connectivity index (χ4n) is 2.70. The average Bonchev–Trinajstić information content (AvgIpc) is 2.53. The van der Waals surface area contributed by atoms with Gasteiger partial charge >= 0.3 is 6.03 Å². The van der Waals surface area contributed by atoms with E-state index in [1.807, 2.05) is 49.1 Å². The summed E-state index contributed by atoms with van der Waals surface area (Å²) in [7, 11) is 0. The molecule has 0 aliphatic carbocycles. The summed E-state index contributed by atoms with van der Waals surface area (Å²) in [6.45, 7) is 5.64. The minimum atomic E-state index is -0.287. The van der Waals surface area contributed by atoms with Crippen molar-refractivity contribution in [2.45, 2.75) is 38.9 Å². The lowest BCUT2D eigenvalue weighted by Gasteiger charge is -2.33. The Bertz CT molecular complexity index is 456. The summed E-state index contributed by atoms with van der Waals surface area (Å²) >= 11 is 0. The van der Waals surface area contributed by atoms with E-state index < -0.39 is 0 Å². The van der Waals surface area contributed by atoms with Gasteiger partial charge in [-0.2, -0.15) is 0 Å². The van der Waals surface area contributed by atoms with E-state index in [9.17, 15) is 9.90 Å². The van der Waals surface area contributed by atoms with E-state index in [-0.39, 0.29) is 18.2 Å². The molecule has 1 aliphatic heterocycles. The summed E-state index contributed by atoms with van der Waals surface area (Å²) in [5, 5.41) is 12.5. The van der Waals surface area contributed by atoms with Crippen LogP contribution in [-0.2, 0) is 0 Å². The Morgan fingerprint density at radius 1 is 1.32 bits per heavy atom. The van der Waals surface area contributed by atoms with Crippen LogP contribution in [0.15, 0.2) is 30.3 Å². The molecule has 1 aromatic rings. The summed E-state index contributed by atoms with van der Waals surface area (Å²) in [4.78, 5) is 13.9. The number of ether oxygens (including phenoxy) is 1. The van der Waals surface area contributed by atoms with Crippen LogP contribution in [0.1, 0.15) is 26.7 Å². The minimum Gasteiger partial charge on any atom is -0.489 e. The molecule has 5 heteroatoms. The van der Waals surface area contributed by atoms with Gasteiger partial charge in [0, 0.05) is 13.1 Å². The highest BCUT2D eigenvalue weighted by Crippen LogP contribution is 2.20. The first-order valence-corrected chi connectivity index (χ1v) is 7.99. The number of likely N-dealkylation sites (tertiary alicyclic amines) is 1. The second kappa shape index (κ2) is 8.03. The number of carbonyl (C=O) groups excluding carboxylic acids is 1. The molecule has 2 amide bonds. The molecule has 2 rings (SSSR count). The first-order valence-electron chi connectivity index (χ1n) is 7.99. The van der Waals surface area contributed by atoms with Gasteiger partial charge in [-0.25, -0.2) is 4.79 Å². The highest BCUT2D eigenvalue weighted by atomic mass is 16.5. The molecule has 5 nitrogen and oxygen atoms in total. The molecule has 2 unspecified atom stereocenters. The normalized spacial score (nSPS) is 18.6. The van der Waals surface area contributed by atoms with Crippen molar-refractivity contribution in [1.29, 1.82) is 0 Å². The Balaban J connectivity index is 1.69. The lowest BCUT2D eigenvalue weighted by Crippen LogP contribution is -2.47. The molecule has 122 valence electrons. The molecule has 1 heterocycles. The Morgan fingerprint density at radius 2 is 1.95 bits per heavy atom. The van der Waals surface area contributed by atoms with Crippen molar-refractivity contribution >= 4 is 6.03 Å². The van der Waals surface area contributed by atoms with Crippen molar-refractivity contribution in [1.82, 2.24) is 10.2 Å². The SMILES string of the molecule is CC(CNC(=O)N1CCC(C(C)O)CC1)Oc1ccccc1. The van der Waals surface area contributed by atoms with E-state index >= 15 is 0 Å². The topological polar surface area (TPSA) is 61.8 Å². The van der Waals surface area contributed by atoms with Gasteiger partial charge in [-0.05, 0) is 44.7 Å². The lowest BCUT2D eigenvalue weighted by molar-refractivity contribution is 0.0793. The molecule has 1 saturated heterocycles. The predicted molar refractivity (Wildman–Crippen MR) is 85.9 cm³/mol. The largest absolute Gasteiger partial charge is 0.489 e. The van der Waals surface area contributed by atoms with Crippen LogP contribution in [0.4, 0.5) is 4.79 Å². The van der Waals surface area contributed by atoms with Gasteiger partial charge in [0.1, 0.15) is 11.9 Å². The van der Waals surface area contributed by atoms with Crippen LogP contribution >= 0.6 is 0 Å². The molecular formula is C17H26N2O3. The Morgan fingerprint density at radius 3 is 2.55 bits per heavy atom. The van der Waals surface area contributed by atoms with E-state index in [1.165, 1.54) is 0 Å². The summed E-state index contributed by atoms with van der Waals surface area (Å²) in [5.41, 5.74) is 0. The average molecular weight is 306 g/mol. The van der Waals surface area contributed by atoms with E-state index in [0.717, 1.165) is 18.6 Å². The molecule has 1 fully saturated rings. The number of para-hydroxylation sites is 1. The van der Waals surface area contributed by atoms with Crippen molar-refractivity contribution in [2.75, 3.05) is 19.6 Å². The van der Waals surface area contributed by atoms with Crippen molar-refractivity contribution in [2.24, 2.45) is 5.92 Å². The van der Waals surface area contributed by atoms with Crippen molar-refractivity contribution in [3.63, 3.8) is 0 Å². The number of aliphatic hydroxyl groups is 1. The van der Waals surface area contributed by atoms with Crippen molar-refractivity contribution in [3.8, 4) is 5.75 Å². The summed E-state index contributed by atoms with van der Waals surface area (Å²) < 4.78 is 5.73. The van der Waals surface area contributed by atoms with Crippen LogP contribution in [-0.4, -0.2) is 47.9 Å². The van der Waals surface area contributed by atoms with E-state index in [1.54, 1.807) is 0 Å². The van der Waals surface area contributed by atoms with E-state index in [4.69, 9.17) is 4.74 Å². The quantitative estimate of drug-likeness (QED) is 0.877. The summed E-state index contributed by atoms with van der Waals surface area (Å²) in [6, 6.07) is 9.54. The molecule has 0 spiro atoms. The van der Waals surface area contributed by atoms with Gasteiger partial charge in [0.25, 0.3) is 0 Å². The molecule has 22 heavy (non-hydrogen) atoms. The van der Waals surface area contributed by atoms with E-state index in [0.29, 0.717) is 25.6 Å². The van der Waals surface area contributed by atoms with E-state index in [2.05, 4.69) is 5.32 Å². The number of urea groups is 1. The zero-order valence-corrected chi connectivity index (χ0v) is 13.4. The molecule has 0 saturated carbocycles. The molecule has 2 atom stereocenters. The molecule has 0 bridgehead atoms. The first kappa shape index (κ1) is 16.6. The summed E-state index contributed by atoms with van der Waals surface area (Å²) in [5.74, 6) is 1.12. The zero-order valence-electron chi connectivity index (χ0n) is 13.4. The third kappa shape index (κ3) is 4.91. The number of hydrogen-bond donors (Lipinski definition) is 2. The second-order valence-corrected chi connectivity index (χ2v) is 5.99. The van der Waals surface area contributed by atoms with Crippen molar-refractivity contribution in [3.05, 3.63) is 30.3 Å². The van der Waals surface area contributed by atoms with Gasteiger partial charge in [0.15, 0.2) is 0 Å². The molecule has 2 N–H and O–H groups in total. The molecular weight excluding hydrogens is 280 g/mol. The third-order valence-electron chi connectivity index (χ3n) is 4.13. The van der Waals surface area contributed by atoms with Crippen LogP contribution in [0.5, 0.6) is 5.75 Å². The molecule has 0 aromatic heterocycles. The number of aliphatic hydroxyl groups excluding tert-OH is 1. The smallest absolute Gasteiger partial charge is 0.317 e. The van der Waals surface area contributed by atoms with Crippen LogP contribution in [0, 0.1) is 5.92 Å². The Labute approximate surface area is 132 Å².